The highest BCUT2D eigenvalue weighted by atomic mass is 35.5. The van der Waals surface area contributed by atoms with Crippen molar-refractivity contribution < 1.29 is 13.2 Å². The molecule has 1 aliphatic heterocycles. The fraction of sp³-hybridized carbons (Fsp3) is 0.0769. The molecule has 8 heteroatoms. The highest BCUT2D eigenvalue weighted by Crippen LogP contribution is 2.14. The number of fused-ring (bicyclic) bond motifs is 1. The Morgan fingerprint density at radius 3 is 2.62 bits per heavy atom. The summed E-state index contributed by atoms with van der Waals surface area (Å²) in [6.07, 6.45) is 2.54. The number of halogens is 1. The minimum absolute atomic E-state index is 0.0222. The molecule has 6 nitrogen and oxygen atoms in total. The van der Waals surface area contributed by atoms with E-state index in [0.29, 0.717) is 16.3 Å². The first-order valence-corrected chi connectivity index (χ1v) is 8.09. The quantitative estimate of drug-likeness (QED) is 0.720. The molecule has 0 fully saturated rings. The summed E-state index contributed by atoms with van der Waals surface area (Å²) in [5, 5.41) is 0.865. The lowest BCUT2D eigenvalue weighted by Crippen LogP contribution is -2.24. The first kappa shape index (κ1) is 13.8. The number of nitrogens with zero attached hydrogens (tertiary/aromatic N) is 3. The van der Waals surface area contributed by atoms with E-state index in [1.165, 1.54) is 18.3 Å². The van der Waals surface area contributed by atoms with Crippen molar-refractivity contribution in [2.45, 2.75) is 4.90 Å². The largest absolute Gasteiger partial charge is 0.280 e. The van der Waals surface area contributed by atoms with Gasteiger partial charge in [0.15, 0.2) is 9.84 Å². The summed E-state index contributed by atoms with van der Waals surface area (Å²) < 4.78 is 23.1. The standard InChI is InChI=1S/C13H8ClN3O3S/c1-21(19,20)7-2-3-8-10(6-7)16-12(18)11(8)9-4-5-15-13(14)17-9/h2-6H,1H3. The van der Waals surface area contributed by atoms with Crippen LogP contribution in [0.1, 0.15) is 5.69 Å². The number of carbonyl (C=O) groups is 1. The lowest BCUT2D eigenvalue weighted by atomic mass is 10.1. The summed E-state index contributed by atoms with van der Waals surface area (Å²) in [7, 11) is -3.36. The highest BCUT2D eigenvalue weighted by Gasteiger charge is 2.21. The van der Waals surface area contributed by atoms with E-state index in [9.17, 15) is 13.2 Å². The second kappa shape index (κ2) is 4.71. The van der Waals surface area contributed by atoms with Crippen molar-refractivity contribution in [2.75, 3.05) is 6.26 Å². The molecule has 1 amide bonds. The van der Waals surface area contributed by atoms with E-state index in [1.54, 1.807) is 12.1 Å². The van der Waals surface area contributed by atoms with Gasteiger partial charge in [-0.25, -0.2) is 23.4 Å². The van der Waals surface area contributed by atoms with Crippen LogP contribution < -0.4 is 10.6 Å². The maximum atomic E-state index is 12.0. The van der Waals surface area contributed by atoms with E-state index < -0.39 is 15.7 Å². The fourth-order valence-electron chi connectivity index (χ4n) is 2.05. The first-order valence-electron chi connectivity index (χ1n) is 5.83. The maximum Gasteiger partial charge on any atom is 0.280 e. The average molecular weight is 322 g/mol. The normalized spacial score (nSPS) is 14.0. The van der Waals surface area contributed by atoms with Gasteiger partial charge in [0.25, 0.3) is 5.91 Å². The minimum Gasteiger partial charge on any atom is -0.267 e. The number of hydrogen-bond donors (Lipinski definition) is 0. The minimum atomic E-state index is -3.36. The molecule has 1 aromatic heterocycles. The Hall–Kier alpha value is -2.12. The van der Waals surface area contributed by atoms with Crippen LogP contribution in [-0.2, 0) is 14.6 Å². The van der Waals surface area contributed by atoms with E-state index in [1.807, 2.05) is 0 Å². The Balaban J connectivity index is 2.32. The van der Waals surface area contributed by atoms with Crippen molar-refractivity contribution in [3.8, 4) is 0 Å². The number of rotatable bonds is 2. The van der Waals surface area contributed by atoms with Gasteiger partial charge in [0.1, 0.15) is 0 Å². The number of aromatic nitrogens is 2. The molecule has 0 bridgehead atoms. The molecule has 0 radical (unpaired) electrons. The van der Waals surface area contributed by atoms with Crippen LogP contribution in [0.25, 0.3) is 5.57 Å². The van der Waals surface area contributed by atoms with Crippen molar-refractivity contribution in [1.82, 2.24) is 9.97 Å². The zero-order valence-corrected chi connectivity index (χ0v) is 12.3. The number of carbonyl (C=O) groups excluding carboxylic acids is 1. The summed E-state index contributed by atoms with van der Waals surface area (Å²) >= 11 is 5.73. The monoisotopic (exact) mass is 321 g/mol. The van der Waals surface area contributed by atoms with E-state index in [0.717, 1.165) is 6.26 Å². The second-order valence-electron chi connectivity index (χ2n) is 4.45. The lowest BCUT2D eigenvalue weighted by Gasteiger charge is -1.99. The van der Waals surface area contributed by atoms with E-state index in [2.05, 4.69) is 15.0 Å². The Morgan fingerprint density at radius 2 is 1.95 bits per heavy atom. The van der Waals surface area contributed by atoms with Gasteiger partial charge < -0.3 is 0 Å². The van der Waals surface area contributed by atoms with Gasteiger partial charge in [-0.1, -0.05) is 6.07 Å². The van der Waals surface area contributed by atoms with Gasteiger partial charge in [0.05, 0.1) is 21.5 Å². The first-order chi connectivity index (χ1) is 9.86. The highest BCUT2D eigenvalue weighted by molar-refractivity contribution is 7.90. The zero-order chi connectivity index (χ0) is 15.2. The molecule has 0 spiro atoms. The number of sulfone groups is 1. The van der Waals surface area contributed by atoms with Crippen LogP contribution in [0, 0.1) is 0 Å². The van der Waals surface area contributed by atoms with Gasteiger partial charge in [0.2, 0.25) is 5.28 Å². The third-order valence-corrected chi connectivity index (χ3v) is 4.28. The van der Waals surface area contributed by atoms with Crippen LogP contribution in [0.15, 0.2) is 40.4 Å². The number of amides is 1. The van der Waals surface area contributed by atoms with Crippen LogP contribution in [-0.4, -0.2) is 30.5 Å². The van der Waals surface area contributed by atoms with Crippen LogP contribution in [0.4, 0.5) is 0 Å². The van der Waals surface area contributed by atoms with Gasteiger partial charge in [-0.15, -0.1) is 0 Å². The molecule has 0 saturated carbocycles. The molecule has 0 saturated heterocycles. The molecular weight excluding hydrogens is 314 g/mol. The van der Waals surface area contributed by atoms with Crippen LogP contribution in [0.3, 0.4) is 0 Å². The second-order valence-corrected chi connectivity index (χ2v) is 6.81. The Kier molecular flexibility index (Phi) is 3.11. The molecular formula is C13H8ClN3O3S. The van der Waals surface area contributed by atoms with E-state index in [-0.39, 0.29) is 15.8 Å². The molecule has 2 heterocycles. The van der Waals surface area contributed by atoms with Gasteiger partial charge in [0, 0.05) is 17.7 Å². The number of hydrogen-bond acceptors (Lipinski definition) is 5. The van der Waals surface area contributed by atoms with Crippen molar-refractivity contribution in [3.63, 3.8) is 0 Å². The van der Waals surface area contributed by atoms with Crippen LogP contribution in [0.5, 0.6) is 0 Å². The SMILES string of the molecule is CS(=O)(=O)c1ccc2c(c1)=NC(=O)C=2c1ccnc(Cl)n1. The summed E-state index contributed by atoms with van der Waals surface area (Å²) in [5.41, 5.74) is 0.643. The molecule has 106 valence electrons. The van der Waals surface area contributed by atoms with Gasteiger partial charge in [-0.05, 0) is 29.8 Å². The van der Waals surface area contributed by atoms with E-state index >= 15 is 0 Å². The van der Waals surface area contributed by atoms with Crippen LogP contribution >= 0.6 is 11.6 Å². The predicted octanol–water partition coefficient (Wildman–Crippen LogP) is -0.108. The average Bonchev–Trinajstić information content (AvgIpc) is 2.72. The van der Waals surface area contributed by atoms with Gasteiger partial charge >= 0.3 is 0 Å². The molecule has 1 aromatic carbocycles. The molecule has 2 aromatic rings. The zero-order valence-electron chi connectivity index (χ0n) is 10.7. The summed E-state index contributed by atoms with van der Waals surface area (Å²) in [6.45, 7) is 0. The van der Waals surface area contributed by atoms with Crippen LogP contribution in [0.2, 0.25) is 5.28 Å². The van der Waals surface area contributed by atoms with Crippen molar-refractivity contribution in [3.05, 3.63) is 52.0 Å². The molecule has 21 heavy (non-hydrogen) atoms. The Morgan fingerprint density at radius 1 is 1.19 bits per heavy atom. The summed E-state index contributed by atoms with van der Waals surface area (Å²) in [6, 6.07) is 5.91. The summed E-state index contributed by atoms with van der Waals surface area (Å²) in [5.74, 6) is -0.481. The molecule has 3 rings (SSSR count). The smallest absolute Gasteiger partial charge is 0.267 e. The molecule has 0 N–H and O–H groups in total. The maximum absolute atomic E-state index is 12.0. The lowest BCUT2D eigenvalue weighted by molar-refractivity contribution is -0.112. The topological polar surface area (TPSA) is 89.4 Å². The molecule has 1 aliphatic rings. The van der Waals surface area contributed by atoms with Crippen molar-refractivity contribution >= 4 is 32.9 Å². The Labute approximate surface area is 124 Å². The summed E-state index contributed by atoms with van der Waals surface area (Å²) in [4.78, 5) is 23.8. The molecule has 0 unspecified atom stereocenters. The fourth-order valence-corrected chi connectivity index (χ4v) is 2.84. The third kappa shape index (κ3) is 2.45. The molecule has 0 atom stereocenters. The molecule has 0 aliphatic carbocycles. The Bertz CT molecular complexity index is 1000. The van der Waals surface area contributed by atoms with Gasteiger partial charge in [-0.2, -0.15) is 0 Å². The number of benzene rings is 1. The van der Waals surface area contributed by atoms with Crippen molar-refractivity contribution in [1.29, 1.82) is 0 Å². The third-order valence-electron chi connectivity index (χ3n) is 2.98. The predicted molar refractivity (Wildman–Crippen MR) is 74.9 cm³/mol. The van der Waals surface area contributed by atoms with Crippen molar-refractivity contribution in [2.24, 2.45) is 4.99 Å². The van der Waals surface area contributed by atoms with E-state index in [4.69, 9.17) is 11.6 Å². The van der Waals surface area contributed by atoms with Gasteiger partial charge in [-0.3, -0.25) is 4.79 Å².